The summed E-state index contributed by atoms with van der Waals surface area (Å²) in [4.78, 5) is 27.4. The van der Waals surface area contributed by atoms with Crippen molar-refractivity contribution in [3.05, 3.63) is 36.4 Å². The van der Waals surface area contributed by atoms with Gasteiger partial charge in [-0.3, -0.25) is 4.90 Å². The molecule has 4 amide bonds. The third-order valence-corrected chi connectivity index (χ3v) is 6.43. The van der Waals surface area contributed by atoms with Crippen LogP contribution in [0.4, 0.5) is 21.0 Å². The molecule has 12 heteroatoms. The lowest BCUT2D eigenvalue weighted by Gasteiger charge is -2.37. The number of methoxy groups -OCH3 is 2. The Morgan fingerprint density at radius 2 is 1.50 bits per heavy atom. The van der Waals surface area contributed by atoms with E-state index in [9.17, 15) is 9.59 Å². The fourth-order valence-corrected chi connectivity index (χ4v) is 4.37. The van der Waals surface area contributed by atoms with Gasteiger partial charge < -0.3 is 34.9 Å². The van der Waals surface area contributed by atoms with E-state index in [1.807, 2.05) is 35.3 Å². The molecule has 2 aromatic carbocycles. The standard InChI is InChI=1S/C26H36N6O6/c1-27-26(34)32(31-10-14-38-15-11-31)22-7-5-20(17-24(22)36-3)19-4-6-21(23(16-19)35-2)29-25(33)28-18-30-8-12-37-13-9-30/h4-7,16-17H,8-15,18H2,1-3H3,(H,27,34)(H2,28,29,33). The van der Waals surface area contributed by atoms with E-state index in [0.717, 1.165) is 24.2 Å². The number of nitrogens with one attached hydrogen (secondary N) is 3. The molecule has 0 radical (unpaired) electrons. The highest BCUT2D eigenvalue weighted by Crippen LogP contribution is 2.37. The summed E-state index contributed by atoms with van der Waals surface area (Å²) in [6, 6.07) is 10.6. The summed E-state index contributed by atoms with van der Waals surface area (Å²) in [5.41, 5.74) is 2.91. The molecule has 0 saturated carbocycles. The van der Waals surface area contributed by atoms with Gasteiger partial charge in [-0.15, -0.1) is 0 Å². The second-order valence-corrected chi connectivity index (χ2v) is 8.75. The van der Waals surface area contributed by atoms with Gasteiger partial charge in [-0.05, 0) is 35.4 Å². The molecule has 0 aromatic heterocycles. The fourth-order valence-electron chi connectivity index (χ4n) is 4.37. The second-order valence-electron chi connectivity index (χ2n) is 8.75. The number of hydrazine groups is 1. The number of rotatable bonds is 8. The van der Waals surface area contributed by atoms with E-state index in [1.165, 1.54) is 0 Å². The van der Waals surface area contributed by atoms with Crippen LogP contribution in [-0.2, 0) is 9.47 Å². The zero-order valence-corrected chi connectivity index (χ0v) is 22.1. The van der Waals surface area contributed by atoms with Crippen LogP contribution in [0.3, 0.4) is 0 Å². The van der Waals surface area contributed by atoms with E-state index in [4.69, 9.17) is 18.9 Å². The number of anilines is 2. The predicted octanol–water partition coefficient (Wildman–Crippen LogP) is 2.18. The molecule has 2 aliphatic rings. The number of carbonyl (C=O) groups excluding carboxylic acids is 2. The van der Waals surface area contributed by atoms with Crippen molar-refractivity contribution in [3.8, 4) is 22.6 Å². The van der Waals surface area contributed by atoms with Gasteiger partial charge in [-0.25, -0.2) is 19.6 Å². The average Bonchev–Trinajstić information content (AvgIpc) is 2.97. The van der Waals surface area contributed by atoms with Gasteiger partial charge in [0, 0.05) is 33.2 Å². The van der Waals surface area contributed by atoms with Gasteiger partial charge in [0.1, 0.15) is 17.2 Å². The summed E-state index contributed by atoms with van der Waals surface area (Å²) < 4.78 is 22.0. The van der Waals surface area contributed by atoms with Gasteiger partial charge in [0.15, 0.2) is 0 Å². The van der Waals surface area contributed by atoms with Crippen molar-refractivity contribution in [2.45, 2.75) is 0 Å². The molecule has 206 valence electrons. The number of hydrogen-bond donors (Lipinski definition) is 3. The van der Waals surface area contributed by atoms with E-state index in [1.54, 1.807) is 32.3 Å². The van der Waals surface area contributed by atoms with Crippen molar-refractivity contribution < 1.29 is 28.5 Å². The molecule has 38 heavy (non-hydrogen) atoms. The van der Waals surface area contributed by atoms with E-state index >= 15 is 0 Å². The fraction of sp³-hybridized carbons (Fsp3) is 0.462. The summed E-state index contributed by atoms with van der Waals surface area (Å²) in [5, 5.41) is 12.0. The molecule has 0 bridgehead atoms. The van der Waals surface area contributed by atoms with Crippen molar-refractivity contribution in [3.63, 3.8) is 0 Å². The number of ether oxygens (including phenoxy) is 4. The number of benzene rings is 2. The first kappa shape index (κ1) is 27.5. The Balaban J connectivity index is 1.51. The predicted molar refractivity (Wildman–Crippen MR) is 144 cm³/mol. The molecular weight excluding hydrogens is 492 g/mol. The summed E-state index contributed by atoms with van der Waals surface area (Å²) in [5.74, 6) is 1.06. The summed E-state index contributed by atoms with van der Waals surface area (Å²) in [7, 11) is 4.73. The van der Waals surface area contributed by atoms with Crippen LogP contribution in [0, 0.1) is 0 Å². The minimum absolute atomic E-state index is 0.262. The summed E-state index contributed by atoms with van der Waals surface area (Å²) in [6.45, 7) is 5.61. The number of urea groups is 2. The average molecular weight is 529 g/mol. The zero-order chi connectivity index (χ0) is 26.9. The first-order chi connectivity index (χ1) is 18.5. The molecule has 0 aliphatic carbocycles. The topological polar surface area (TPSA) is 117 Å². The molecule has 2 saturated heterocycles. The molecular formula is C26H36N6O6. The minimum atomic E-state index is -0.314. The number of hydrogen-bond acceptors (Lipinski definition) is 8. The monoisotopic (exact) mass is 528 g/mol. The van der Waals surface area contributed by atoms with E-state index in [-0.39, 0.29) is 12.1 Å². The molecule has 0 unspecified atom stereocenters. The first-order valence-corrected chi connectivity index (χ1v) is 12.6. The largest absolute Gasteiger partial charge is 0.495 e. The van der Waals surface area contributed by atoms with Crippen LogP contribution in [-0.4, -0.2) is 103 Å². The lowest BCUT2D eigenvalue weighted by atomic mass is 10.0. The van der Waals surface area contributed by atoms with Crippen molar-refractivity contribution in [1.29, 1.82) is 0 Å². The number of morpholine rings is 2. The lowest BCUT2D eigenvalue weighted by Crippen LogP contribution is -2.54. The van der Waals surface area contributed by atoms with Gasteiger partial charge in [-0.2, -0.15) is 0 Å². The van der Waals surface area contributed by atoms with Gasteiger partial charge in [0.25, 0.3) is 0 Å². The van der Waals surface area contributed by atoms with Gasteiger partial charge >= 0.3 is 12.1 Å². The van der Waals surface area contributed by atoms with E-state index in [2.05, 4.69) is 20.9 Å². The first-order valence-electron chi connectivity index (χ1n) is 12.6. The SMILES string of the molecule is CNC(=O)N(c1ccc(-c2ccc(NC(=O)NCN3CCOCC3)c(OC)c2)cc1OC)N1CCOCC1. The van der Waals surface area contributed by atoms with E-state index in [0.29, 0.717) is 69.1 Å². The maximum absolute atomic E-state index is 12.8. The van der Waals surface area contributed by atoms with Crippen LogP contribution in [0.25, 0.3) is 11.1 Å². The van der Waals surface area contributed by atoms with Gasteiger partial charge in [-0.1, -0.05) is 12.1 Å². The van der Waals surface area contributed by atoms with Crippen molar-refractivity contribution >= 4 is 23.4 Å². The van der Waals surface area contributed by atoms with Crippen molar-refractivity contribution in [1.82, 2.24) is 20.5 Å². The molecule has 3 N–H and O–H groups in total. The Hall–Kier alpha value is -3.58. The molecule has 2 fully saturated rings. The van der Waals surface area contributed by atoms with Crippen LogP contribution in [0.5, 0.6) is 11.5 Å². The molecule has 12 nitrogen and oxygen atoms in total. The summed E-state index contributed by atoms with van der Waals surface area (Å²) in [6.07, 6.45) is 0. The van der Waals surface area contributed by atoms with Crippen molar-refractivity contribution in [2.75, 3.05) is 90.9 Å². The quantitative estimate of drug-likeness (QED) is 0.478. The highest BCUT2D eigenvalue weighted by atomic mass is 16.5. The highest BCUT2D eigenvalue weighted by Gasteiger charge is 2.27. The molecule has 2 aromatic rings. The smallest absolute Gasteiger partial charge is 0.336 e. The molecule has 2 aliphatic heterocycles. The maximum Gasteiger partial charge on any atom is 0.336 e. The third-order valence-electron chi connectivity index (χ3n) is 6.43. The third kappa shape index (κ3) is 6.64. The van der Waals surface area contributed by atoms with Crippen LogP contribution in [0.1, 0.15) is 0 Å². The number of carbonyl (C=O) groups is 2. The van der Waals surface area contributed by atoms with Gasteiger partial charge in [0.05, 0.1) is 53.0 Å². The lowest BCUT2D eigenvalue weighted by molar-refractivity contribution is 0.0357. The molecule has 4 rings (SSSR count). The Morgan fingerprint density at radius 1 is 0.895 bits per heavy atom. The number of amides is 4. The normalized spacial score (nSPS) is 16.4. The molecule has 0 spiro atoms. The zero-order valence-electron chi connectivity index (χ0n) is 22.1. The van der Waals surface area contributed by atoms with Crippen LogP contribution in [0.2, 0.25) is 0 Å². The second kappa shape index (κ2) is 13.3. The van der Waals surface area contributed by atoms with Gasteiger partial charge in [0.2, 0.25) is 0 Å². The van der Waals surface area contributed by atoms with E-state index < -0.39 is 0 Å². The van der Waals surface area contributed by atoms with Crippen LogP contribution in [0.15, 0.2) is 36.4 Å². The Bertz CT molecular complexity index is 1100. The maximum atomic E-state index is 12.8. The Morgan fingerprint density at radius 3 is 2.13 bits per heavy atom. The summed E-state index contributed by atoms with van der Waals surface area (Å²) >= 11 is 0. The molecule has 2 heterocycles. The van der Waals surface area contributed by atoms with Crippen molar-refractivity contribution in [2.24, 2.45) is 0 Å². The Labute approximate surface area is 222 Å². The Kier molecular flexibility index (Phi) is 9.60. The number of nitrogens with zero attached hydrogens (tertiary/aromatic N) is 3. The van der Waals surface area contributed by atoms with Crippen LogP contribution >= 0.6 is 0 Å². The minimum Gasteiger partial charge on any atom is -0.495 e. The molecule has 0 atom stereocenters. The van der Waals surface area contributed by atoms with Crippen LogP contribution < -0.4 is 30.4 Å². The highest BCUT2D eigenvalue weighted by molar-refractivity contribution is 5.94.